The van der Waals surface area contributed by atoms with Crippen molar-refractivity contribution in [3.8, 4) is 17.2 Å². The largest absolute Gasteiger partial charge is 0.506 e. The summed E-state index contributed by atoms with van der Waals surface area (Å²) in [5.74, 6) is 0.775. The van der Waals surface area contributed by atoms with Gasteiger partial charge in [-0.2, -0.15) is 5.10 Å². The van der Waals surface area contributed by atoms with Crippen molar-refractivity contribution in [2.75, 3.05) is 13.2 Å². The lowest BCUT2D eigenvalue weighted by Crippen LogP contribution is -2.24. The molecular formula is C17H16Br2N2O4. The highest BCUT2D eigenvalue weighted by Gasteiger charge is 2.07. The molecule has 0 unspecified atom stereocenters. The van der Waals surface area contributed by atoms with Gasteiger partial charge in [-0.05, 0) is 68.6 Å². The molecule has 0 aliphatic heterocycles. The molecule has 0 radical (unpaired) electrons. The van der Waals surface area contributed by atoms with Gasteiger partial charge in [-0.1, -0.05) is 12.1 Å². The first-order valence-corrected chi connectivity index (χ1v) is 8.94. The van der Waals surface area contributed by atoms with E-state index >= 15 is 0 Å². The topological polar surface area (TPSA) is 80.2 Å². The predicted octanol–water partition coefficient (Wildman–Crippen LogP) is 3.85. The maximum absolute atomic E-state index is 11.8. The molecule has 0 aromatic heterocycles. The lowest BCUT2D eigenvalue weighted by molar-refractivity contribution is -0.123. The fraction of sp³-hybridized carbons (Fsp3) is 0.176. The Hall–Kier alpha value is -2.06. The van der Waals surface area contributed by atoms with Crippen LogP contribution in [0.1, 0.15) is 12.5 Å². The Bertz CT molecular complexity index is 758. The molecule has 1 amide bonds. The van der Waals surface area contributed by atoms with Gasteiger partial charge >= 0.3 is 0 Å². The highest BCUT2D eigenvalue weighted by atomic mass is 79.9. The minimum absolute atomic E-state index is 0.0996. The summed E-state index contributed by atoms with van der Waals surface area (Å²) in [6, 6.07) is 10.5. The lowest BCUT2D eigenvalue weighted by Gasteiger charge is -2.10. The molecule has 0 saturated heterocycles. The van der Waals surface area contributed by atoms with Gasteiger partial charge in [-0.3, -0.25) is 4.79 Å². The number of nitrogens with zero attached hydrogens (tertiary/aromatic N) is 1. The molecule has 0 aliphatic carbocycles. The fourth-order valence-electron chi connectivity index (χ4n) is 1.86. The third kappa shape index (κ3) is 5.75. The Kier molecular flexibility index (Phi) is 7.27. The molecule has 2 rings (SSSR count). The summed E-state index contributed by atoms with van der Waals surface area (Å²) in [7, 11) is 0. The molecule has 0 heterocycles. The van der Waals surface area contributed by atoms with Crippen LogP contribution >= 0.6 is 31.9 Å². The Balaban J connectivity index is 1.89. The smallest absolute Gasteiger partial charge is 0.277 e. The van der Waals surface area contributed by atoms with Crippen LogP contribution in [0.15, 0.2) is 50.4 Å². The SMILES string of the molecule is CCOc1ccccc1OCC(=O)NN=Cc1cc(Br)c(O)c(Br)c1. The van der Waals surface area contributed by atoms with Crippen LogP contribution in [0.3, 0.4) is 0 Å². The van der Waals surface area contributed by atoms with E-state index in [1.165, 1.54) is 6.21 Å². The summed E-state index contributed by atoms with van der Waals surface area (Å²) in [5.41, 5.74) is 3.07. The number of ether oxygens (including phenoxy) is 2. The van der Waals surface area contributed by atoms with Crippen molar-refractivity contribution in [2.24, 2.45) is 5.10 Å². The van der Waals surface area contributed by atoms with Crippen LogP contribution in [0.2, 0.25) is 0 Å². The fourth-order valence-corrected chi connectivity index (χ4v) is 3.08. The average Bonchev–Trinajstić information content (AvgIpc) is 2.59. The van der Waals surface area contributed by atoms with Gasteiger partial charge < -0.3 is 14.6 Å². The van der Waals surface area contributed by atoms with E-state index in [-0.39, 0.29) is 12.4 Å². The molecule has 2 aromatic rings. The van der Waals surface area contributed by atoms with E-state index in [1.807, 2.05) is 13.0 Å². The van der Waals surface area contributed by atoms with Crippen molar-refractivity contribution >= 4 is 44.0 Å². The van der Waals surface area contributed by atoms with E-state index < -0.39 is 5.91 Å². The number of hydrazone groups is 1. The number of carbonyl (C=O) groups excluding carboxylic acids is 1. The Morgan fingerprint density at radius 2 is 1.80 bits per heavy atom. The number of phenols is 1. The second-order valence-electron chi connectivity index (χ2n) is 4.79. The van der Waals surface area contributed by atoms with Crippen molar-refractivity contribution in [1.29, 1.82) is 0 Å². The summed E-state index contributed by atoms with van der Waals surface area (Å²) in [5, 5.41) is 13.5. The molecule has 0 fully saturated rings. The van der Waals surface area contributed by atoms with E-state index in [4.69, 9.17) is 9.47 Å². The molecule has 0 bridgehead atoms. The second-order valence-corrected chi connectivity index (χ2v) is 6.50. The number of aromatic hydroxyl groups is 1. The molecule has 2 N–H and O–H groups in total. The number of carbonyl (C=O) groups is 1. The van der Waals surface area contributed by atoms with Gasteiger partial charge in [0.05, 0.1) is 21.8 Å². The Morgan fingerprint density at radius 1 is 1.20 bits per heavy atom. The number of benzene rings is 2. The Labute approximate surface area is 162 Å². The molecule has 6 nitrogen and oxygen atoms in total. The minimum atomic E-state index is -0.403. The van der Waals surface area contributed by atoms with Crippen LogP contribution < -0.4 is 14.9 Å². The van der Waals surface area contributed by atoms with E-state index in [0.717, 1.165) is 0 Å². The summed E-state index contributed by atoms with van der Waals surface area (Å²) in [6.07, 6.45) is 1.46. The third-order valence-corrected chi connectivity index (χ3v) is 4.16. The lowest BCUT2D eigenvalue weighted by atomic mass is 10.2. The zero-order valence-electron chi connectivity index (χ0n) is 13.3. The average molecular weight is 472 g/mol. The highest BCUT2D eigenvalue weighted by molar-refractivity contribution is 9.11. The molecule has 0 atom stereocenters. The van der Waals surface area contributed by atoms with Gasteiger partial charge in [0.25, 0.3) is 5.91 Å². The molecule has 8 heteroatoms. The zero-order valence-corrected chi connectivity index (χ0v) is 16.5. The van der Waals surface area contributed by atoms with Gasteiger partial charge in [-0.15, -0.1) is 0 Å². The molecule has 0 aliphatic rings. The quantitative estimate of drug-likeness (QED) is 0.474. The standard InChI is InChI=1S/C17H16Br2N2O4/c1-2-24-14-5-3-4-6-15(14)25-10-16(22)21-20-9-11-7-12(18)17(23)13(19)8-11/h3-9,23H,2,10H2,1H3,(H,21,22). The van der Waals surface area contributed by atoms with E-state index in [9.17, 15) is 9.90 Å². The van der Waals surface area contributed by atoms with Gasteiger partial charge in [0, 0.05) is 0 Å². The predicted molar refractivity (Wildman–Crippen MR) is 102 cm³/mol. The van der Waals surface area contributed by atoms with Crippen LogP contribution in [0.25, 0.3) is 0 Å². The van der Waals surface area contributed by atoms with Gasteiger partial charge in [0.15, 0.2) is 18.1 Å². The maximum Gasteiger partial charge on any atom is 0.277 e. The summed E-state index contributed by atoms with van der Waals surface area (Å²) in [6.45, 7) is 2.19. The first-order chi connectivity index (χ1) is 12.0. The van der Waals surface area contributed by atoms with Crippen LogP contribution in [0, 0.1) is 0 Å². The van der Waals surface area contributed by atoms with Crippen molar-refractivity contribution in [2.45, 2.75) is 6.92 Å². The number of nitrogens with one attached hydrogen (secondary N) is 1. The molecule has 2 aromatic carbocycles. The van der Waals surface area contributed by atoms with Gasteiger partial charge in [0.1, 0.15) is 5.75 Å². The van der Waals surface area contributed by atoms with Crippen LogP contribution in [-0.2, 0) is 4.79 Å². The van der Waals surface area contributed by atoms with E-state index in [2.05, 4.69) is 42.4 Å². The third-order valence-electron chi connectivity index (χ3n) is 2.95. The van der Waals surface area contributed by atoms with Crippen molar-refractivity contribution in [3.63, 3.8) is 0 Å². The van der Waals surface area contributed by atoms with Gasteiger partial charge in [0.2, 0.25) is 0 Å². The van der Waals surface area contributed by atoms with E-state index in [1.54, 1.807) is 30.3 Å². The number of amides is 1. The molecule has 0 saturated carbocycles. The first kappa shape index (κ1) is 19.3. The molecule has 25 heavy (non-hydrogen) atoms. The van der Waals surface area contributed by atoms with Crippen molar-refractivity contribution < 1.29 is 19.4 Å². The van der Waals surface area contributed by atoms with Crippen molar-refractivity contribution in [3.05, 3.63) is 50.9 Å². The van der Waals surface area contributed by atoms with Crippen LogP contribution in [0.4, 0.5) is 0 Å². The summed E-state index contributed by atoms with van der Waals surface area (Å²) >= 11 is 6.45. The van der Waals surface area contributed by atoms with Gasteiger partial charge in [-0.25, -0.2) is 5.43 Å². The number of halogens is 2. The number of hydrogen-bond donors (Lipinski definition) is 2. The molecular weight excluding hydrogens is 456 g/mol. The first-order valence-electron chi connectivity index (χ1n) is 7.35. The zero-order chi connectivity index (χ0) is 18.2. The number of para-hydroxylation sites is 2. The van der Waals surface area contributed by atoms with Crippen LogP contribution in [-0.4, -0.2) is 30.4 Å². The Morgan fingerprint density at radius 3 is 2.40 bits per heavy atom. The summed E-state index contributed by atoms with van der Waals surface area (Å²) < 4.78 is 11.9. The molecule has 0 spiro atoms. The molecule has 132 valence electrons. The minimum Gasteiger partial charge on any atom is -0.506 e. The maximum atomic E-state index is 11.8. The van der Waals surface area contributed by atoms with Crippen LogP contribution in [0.5, 0.6) is 17.2 Å². The normalized spacial score (nSPS) is 10.7. The number of phenolic OH excluding ortho intramolecular Hbond substituents is 1. The van der Waals surface area contributed by atoms with E-state index in [0.29, 0.717) is 32.6 Å². The van der Waals surface area contributed by atoms with Crippen molar-refractivity contribution in [1.82, 2.24) is 5.43 Å². The second kappa shape index (κ2) is 9.43. The highest BCUT2D eigenvalue weighted by Crippen LogP contribution is 2.32. The summed E-state index contributed by atoms with van der Waals surface area (Å²) in [4.78, 5) is 11.8. The monoisotopic (exact) mass is 470 g/mol. The number of hydrogen-bond acceptors (Lipinski definition) is 5. The number of rotatable bonds is 7.